The van der Waals surface area contributed by atoms with Crippen molar-refractivity contribution in [3.8, 4) is 0 Å². The average Bonchev–Trinajstić information content (AvgIpc) is 2.08. The minimum absolute atomic E-state index is 0.750. The lowest BCUT2D eigenvalue weighted by Gasteiger charge is -1.91. The van der Waals surface area contributed by atoms with E-state index in [9.17, 15) is 0 Å². The van der Waals surface area contributed by atoms with Gasteiger partial charge in [0.05, 0.1) is 0 Å². The van der Waals surface area contributed by atoms with E-state index in [1.54, 1.807) is 0 Å². The molecule has 1 aromatic carbocycles. The molecule has 0 unspecified atom stereocenters. The molecule has 0 aromatic heterocycles. The molecule has 0 aliphatic rings. The van der Waals surface area contributed by atoms with Crippen LogP contribution in [0.2, 0.25) is 0 Å². The molecule has 0 saturated carbocycles. The largest absolute Gasteiger partial charge is 0.371 e. The first kappa shape index (κ1) is 10.9. The van der Waals surface area contributed by atoms with Crippen LogP contribution < -0.4 is 0 Å². The summed E-state index contributed by atoms with van der Waals surface area (Å²) in [6, 6.07) is 10.3. The van der Waals surface area contributed by atoms with Crippen LogP contribution in [0.25, 0.3) is 0 Å². The summed E-state index contributed by atoms with van der Waals surface area (Å²) >= 11 is 0. The quantitative estimate of drug-likeness (QED) is 0.514. The molecule has 1 aromatic rings. The third kappa shape index (κ3) is 5.65. The van der Waals surface area contributed by atoms with E-state index < -0.39 is 6.79 Å². The lowest BCUT2D eigenvalue weighted by atomic mass is 10.2. The molecule has 0 fully saturated rings. The van der Waals surface area contributed by atoms with Gasteiger partial charge in [0.15, 0.2) is 0 Å². The molecule has 0 radical (unpaired) electrons. The Morgan fingerprint density at radius 3 is 2.08 bits per heavy atom. The summed E-state index contributed by atoms with van der Waals surface area (Å²) in [4.78, 5) is 0. The van der Waals surface area contributed by atoms with Crippen molar-refractivity contribution in [1.29, 1.82) is 0 Å². The van der Waals surface area contributed by atoms with E-state index in [-0.39, 0.29) is 0 Å². The molecule has 0 bridgehead atoms. The molecular weight excluding hydrogens is 152 g/mol. The van der Waals surface area contributed by atoms with Crippen LogP contribution in [0.4, 0.5) is 0 Å². The van der Waals surface area contributed by atoms with E-state index in [0.717, 1.165) is 6.42 Å². The summed E-state index contributed by atoms with van der Waals surface area (Å²) in [5.41, 5.74) is 1.33. The molecule has 0 heterocycles. The fourth-order valence-corrected chi connectivity index (χ4v) is 0.781. The van der Waals surface area contributed by atoms with Gasteiger partial charge in [-0.25, -0.2) is 0 Å². The van der Waals surface area contributed by atoms with Crippen LogP contribution in [0, 0.1) is 0 Å². The summed E-state index contributed by atoms with van der Waals surface area (Å²) in [5.74, 6) is 0. The molecule has 0 atom stereocenters. The molecule has 2 N–H and O–H groups in total. The average molecular weight is 166 g/mol. The Labute approximate surface area is 72.8 Å². The van der Waals surface area contributed by atoms with Gasteiger partial charge in [0.25, 0.3) is 0 Å². The number of aliphatic hydroxyl groups excluding tert-OH is 1. The number of rotatable bonds is 2. The first-order valence-corrected chi connectivity index (χ1v) is 3.71. The molecule has 2 nitrogen and oxygen atoms in total. The van der Waals surface area contributed by atoms with Crippen molar-refractivity contribution in [1.82, 2.24) is 0 Å². The van der Waals surface area contributed by atoms with Crippen LogP contribution in [0.15, 0.2) is 43.0 Å². The standard InChI is InChI=1S/C9H10.CH4O2/c1-2-6-9-7-4-3-5-8-9;2-1-3/h2-5,7-8H,1,6H2;2-3H,1H2. The SMILES string of the molecule is C=CCc1ccccc1.OCO. The van der Waals surface area contributed by atoms with Gasteiger partial charge in [-0.2, -0.15) is 0 Å². The Kier molecular flexibility index (Phi) is 7.24. The highest BCUT2D eigenvalue weighted by molar-refractivity contribution is 5.16. The highest BCUT2D eigenvalue weighted by atomic mass is 16.5. The van der Waals surface area contributed by atoms with Gasteiger partial charge in [0.2, 0.25) is 0 Å². The third-order valence-corrected chi connectivity index (χ3v) is 1.22. The second kappa shape index (κ2) is 7.98. The van der Waals surface area contributed by atoms with Crippen LogP contribution >= 0.6 is 0 Å². The second-order valence-corrected chi connectivity index (χ2v) is 2.12. The van der Waals surface area contributed by atoms with E-state index >= 15 is 0 Å². The van der Waals surface area contributed by atoms with Crippen molar-refractivity contribution in [2.24, 2.45) is 0 Å². The zero-order valence-electron chi connectivity index (χ0n) is 6.98. The lowest BCUT2D eigenvalue weighted by Crippen LogP contribution is -1.75. The Balaban J connectivity index is 0.000000354. The molecule has 2 heteroatoms. The van der Waals surface area contributed by atoms with Gasteiger partial charge in [-0.1, -0.05) is 36.4 Å². The topological polar surface area (TPSA) is 40.5 Å². The molecule has 0 aliphatic heterocycles. The van der Waals surface area contributed by atoms with E-state index in [2.05, 4.69) is 18.7 Å². The third-order valence-electron chi connectivity index (χ3n) is 1.22. The number of allylic oxidation sites excluding steroid dienone is 1. The Bertz CT molecular complexity index is 194. The minimum Gasteiger partial charge on any atom is -0.371 e. The monoisotopic (exact) mass is 166 g/mol. The fraction of sp³-hybridized carbons (Fsp3) is 0.200. The smallest absolute Gasteiger partial charge is 0.140 e. The van der Waals surface area contributed by atoms with Crippen molar-refractivity contribution in [3.63, 3.8) is 0 Å². The number of hydrogen-bond donors (Lipinski definition) is 2. The van der Waals surface area contributed by atoms with Gasteiger partial charge >= 0.3 is 0 Å². The predicted octanol–water partition coefficient (Wildman–Crippen LogP) is 1.34. The molecule has 0 amide bonds. The van der Waals surface area contributed by atoms with Crippen molar-refractivity contribution in [3.05, 3.63) is 48.6 Å². The van der Waals surface area contributed by atoms with E-state index in [0.29, 0.717) is 0 Å². The Morgan fingerprint density at radius 2 is 1.67 bits per heavy atom. The van der Waals surface area contributed by atoms with Crippen LogP contribution in [-0.2, 0) is 6.42 Å². The van der Waals surface area contributed by atoms with Crippen molar-refractivity contribution in [2.75, 3.05) is 6.79 Å². The predicted molar refractivity (Wildman–Crippen MR) is 49.6 cm³/mol. The van der Waals surface area contributed by atoms with Gasteiger partial charge in [-0.05, 0) is 12.0 Å². The van der Waals surface area contributed by atoms with E-state index in [4.69, 9.17) is 10.2 Å². The Hall–Kier alpha value is -1.12. The van der Waals surface area contributed by atoms with Crippen molar-refractivity contribution < 1.29 is 10.2 Å². The summed E-state index contributed by atoms with van der Waals surface area (Å²) in [6.07, 6.45) is 2.89. The maximum Gasteiger partial charge on any atom is 0.140 e. The molecule has 0 aliphatic carbocycles. The van der Waals surface area contributed by atoms with Crippen molar-refractivity contribution in [2.45, 2.75) is 6.42 Å². The minimum atomic E-state index is -0.750. The van der Waals surface area contributed by atoms with Crippen molar-refractivity contribution >= 4 is 0 Å². The summed E-state index contributed by atoms with van der Waals surface area (Å²) < 4.78 is 0. The lowest BCUT2D eigenvalue weighted by molar-refractivity contribution is 0.0773. The molecule has 0 saturated heterocycles. The highest BCUT2D eigenvalue weighted by Crippen LogP contribution is 1.98. The molecule has 0 spiro atoms. The summed E-state index contributed by atoms with van der Waals surface area (Å²) in [7, 11) is 0. The van der Waals surface area contributed by atoms with Crippen LogP contribution in [0.3, 0.4) is 0 Å². The zero-order valence-corrected chi connectivity index (χ0v) is 6.98. The van der Waals surface area contributed by atoms with E-state index in [1.807, 2.05) is 24.3 Å². The fourth-order valence-electron chi connectivity index (χ4n) is 0.781. The van der Waals surface area contributed by atoms with Crippen LogP contribution in [-0.4, -0.2) is 17.0 Å². The molecule has 1 rings (SSSR count). The van der Waals surface area contributed by atoms with Gasteiger partial charge in [-0.3, -0.25) is 0 Å². The van der Waals surface area contributed by atoms with Gasteiger partial charge in [-0.15, -0.1) is 6.58 Å². The Morgan fingerprint density at radius 1 is 1.17 bits per heavy atom. The zero-order chi connectivity index (χ0) is 9.23. The van der Waals surface area contributed by atoms with Gasteiger partial charge in [0, 0.05) is 0 Å². The van der Waals surface area contributed by atoms with Crippen LogP contribution in [0.5, 0.6) is 0 Å². The molecular formula is C10H14O2. The van der Waals surface area contributed by atoms with Gasteiger partial charge in [0.1, 0.15) is 6.79 Å². The second-order valence-electron chi connectivity index (χ2n) is 2.12. The highest BCUT2D eigenvalue weighted by Gasteiger charge is 1.82. The summed E-state index contributed by atoms with van der Waals surface area (Å²) in [6.45, 7) is 2.91. The first-order valence-electron chi connectivity index (χ1n) is 3.71. The normalized spacial score (nSPS) is 8.17. The number of benzene rings is 1. The maximum atomic E-state index is 7.12. The maximum absolute atomic E-state index is 7.12. The first-order chi connectivity index (χ1) is 5.85. The van der Waals surface area contributed by atoms with Crippen LogP contribution in [0.1, 0.15) is 5.56 Å². The summed E-state index contributed by atoms with van der Waals surface area (Å²) in [5, 5.41) is 14.2. The van der Waals surface area contributed by atoms with Gasteiger partial charge < -0.3 is 10.2 Å². The molecule has 12 heavy (non-hydrogen) atoms. The number of hydrogen-bond acceptors (Lipinski definition) is 2. The molecule has 66 valence electrons. The number of aliphatic hydroxyl groups is 2. The van der Waals surface area contributed by atoms with E-state index in [1.165, 1.54) is 5.56 Å².